The van der Waals surface area contributed by atoms with Crippen molar-refractivity contribution in [1.82, 2.24) is 10.6 Å². The minimum Gasteiger partial charge on any atom is -0.392 e. The molecule has 3 heteroatoms. The van der Waals surface area contributed by atoms with Gasteiger partial charge >= 0.3 is 0 Å². The third kappa shape index (κ3) is 3.31. The summed E-state index contributed by atoms with van der Waals surface area (Å²) in [5, 5.41) is 16.8. The van der Waals surface area contributed by atoms with Crippen LogP contribution in [0.1, 0.15) is 37.4 Å². The van der Waals surface area contributed by atoms with E-state index < -0.39 is 0 Å². The Morgan fingerprint density at radius 3 is 2.94 bits per heavy atom. The van der Waals surface area contributed by atoms with E-state index in [9.17, 15) is 5.11 Å². The Balaban J connectivity index is 2.04. The molecule has 2 unspecified atom stereocenters. The molecular formula is C15H24N2O. The molecule has 2 rings (SSSR count). The standard InChI is InChI=1S/C15H24N2O/c1-11(2)15(18)10-17-14-7-8-16-9-12-5-3-4-6-13(12)14/h3-6,11,14-18H,7-10H2,1-2H3. The van der Waals surface area contributed by atoms with Crippen molar-refractivity contribution in [2.75, 3.05) is 13.1 Å². The zero-order valence-electron chi connectivity index (χ0n) is 11.3. The summed E-state index contributed by atoms with van der Waals surface area (Å²) >= 11 is 0. The quantitative estimate of drug-likeness (QED) is 0.761. The molecule has 0 saturated heterocycles. The summed E-state index contributed by atoms with van der Waals surface area (Å²) in [7, 11) is 0. The number of fused-ring (bicyclic) bond motifs is 1. The fourth-order valence-corrected chi connectivity index (χ4v) is 2.37. The van der Waals surface area contributed by atoms with Gasteiger partial charge in [0.25, 0.3) is 0 Å². The fraction of sp³-hybridized carbons (Fsp3) is 0.600. The maximum atomic E-state index is 9.90. The van der Waals surface area contributed by atoms with E-state index in [1.165, 1.54) is 11.1 Å². The largest absolute Gasteiger partial charge is 0.392 e. The lowest BCUT2D eigenvalue weighted by molar-refractivity contribution is 0.119. The summed E-state index contributed by atoms with van der Waals surface area (Å²) in [6, 6.07) is 8.91. The Kier molecular flexibility index (Phi) is 4.75. The smallest absolute Gasteiger partial charge is 0.0687 e. The predicted octanol–water partition coefficient (Wildman–Crippen LogP) is 1.83. The number of aliphatic hydroxyl groups is 1. The van der Waals surface area contributed by atoms with Gasteiger partial charge in [0.2, 0.25) is 0 Å². The zero-order chi connectivity index (χ0) is 13.0. The molecule has 0 fully saturated rings. The number of benzene rings is 1. The van der Waals surface area contributed by atoms with Crippen LogP contribution in [0.25, 0.3) is 0 Å². The molecule has 18 heavy (non-hydrogen) atoms. The second-order valence-electron chi connectivity index (χ2n) is 5.44. The molecule has 1 aromatic rings. The highest BCUT2D eigenvalue weighted by molar-refractivity contribution is 5.31. The van der Waals surface area contributed by atoms with Gasteiger partial charge in [-0.05, 0) is 30.0 Å². The summed E-state index contributed by atoms with van der Waals surface area (Å²) < 4.78 is 0. The average molecular weight is 248 g/mol. The van der Waals surface area contributed by atoms with Crippen molar-refractivity contribution < 1.29 is 5.11 Å². The average Bonchev–Trinajstić information content (AvgIpc) is 2.58. The van der Waals surface area contributed by atoms with E-state index in [4.69, 9.17) is 0 Å². The first-order valence-corrected chi connectivity index (χ1v) is 6.88. The maximum Gasteiger partial charge on any atom is 0.0687 e. The number of aliphatic hydroxyl groups excluding tert-OH is 1. The number of nitrogens with one attached hydrogen (secondary N) is 2. The van der Waals surface area contributed by atoms with Crippen LogP contribution in [-0.4, -0.2) is 24.3 Å². The molecule has 3 N–H and O–H groups in total. The lowest BCUT2D eigenvalue weighted by atomic mass is 9.98. The van der Waals surface area contributed by atoms with Gasteiger partial charge in [0.15, 0.2) is 0 Å². The third-order valence-corrected chi connectivity index (χ3v) is 3.70. The molecule has 0 radical (unpaired) electrons. The van der Waals surface area contributed by atoms with Crippen LogP contribution in [0.5, 0.6) is 0 Å². The minimum absolute atomic E-state index is 0.270. The molecule has 2 atom stereocenters. The van der Waals surface area contributed by atoms with E-state index in [0.29, 0.717) is 18.5 Å². The van der Waals surface area contributed by atoms with Gasteiger partial charge in [0, 0.05) is 19.1 Å². The van der Waals surface area contributed by atoms with Crippen LogP contribution >= 0.6 is 0 Å². The Morgan fingerprint density at radius 1 is 1.39 bits per heavy atom. The van der Waals surface area contributed by atoms with Crippen LogP contribution in [0.4, 0.5) is 0 Å². The molecule has 0 amide bonds. The van der Waals surface area contributed by atoms with Gasteiger partial charge in [-0.25, -0.2) is 0 Å². The first kappa shape index (κ1) is 13.5. The van der Waals surface area contributed by atoms with Crippen molar-refractivity contribution >= 4 is 0 Å². The predicted molar refractivity (Wildman–Crippen MR) is 74.4 cm³/mol. The summed E-state index contributed by atoms with van der Waals surface area (Å²) in [4.78, 5) is 0. The number of rotatable bonds is 4. The lowest BCUT2D eigenvalue weighted by Gasteiger charge is -2.22. The second-order valence-corrected chi connectivity index (χ2v) is 5.44. The van der Waals surface area contributed by atoms with Gasteiger partial charge in [-0.1, -0.05) is 38.1 Å². The first-order chi connectivity index (χ1) is 8.68. The second kappa shape index (κ2) is 6.32. The molecule has 100 valence electrons. The topological polar surface area (TPSA) is 44.3 Å². The molecule has 0 spiro atoms. The molecule has 1 aliphatic rings. The normalized spacial score (nSPS) is 21.4. The molecule has 0 saturated carbocycles. The molecule has 0 aromatic heterocycles. The molecule has 1 aliphatic heterocycles. The van der Waals surface area contributed by atoms with Crippen molar-refractivity contribution in [3.05, 3.63) is 35.4 Å². The highest BCUT2D eigenvalue weighted by Gasteiger charge is 2.19. The van der Waals surface area contributed by atoms with Gasteiger partial charge in [0.1, 0.15) is 0 Å². The van der Waals surface area contributed by atoms with Gasteiger partial charge in [-0.3, -0.25) is 0 Å². The van der Waals surface area contributed by atoms with Gasteiger partial charge in [-0.2, -0.15) is 0 Å². The van der Waals surface area contributed by atoms with Crippen molar-refractivity contribution in [3.63, 3.8) is 0 Å². The molecule has 1 aromatic carbocycles. The zero-order valence-corrected chi connectivity index (χ0v) is 11.3. The van der Waals surface area contributed by atoms with Crippen molar-refractivity contribution in [3.8, 4) is 0 Å². The Morgan fingerprint density at radius 2 is 2.17 bits per heavy atom. The van der Waals surface area contributed by atoms with Gasteiger partial charge in [0.05, 0.1) is 6.10 Å². The SMILES string of the molecule is CC(C)C(O)CNC1CCNCc2ccccc21. The third-order valence-electron chi connectivity index (χ3n) is 3.70. The highest BCUT2D eigenvalue weighted by Crippen LogP contribution is 2.23. The number of hydrogen-bond acceptors (Lipinski definition) is 3. The van der Waals surface area contributed by atoms with Crippen LogP contribution in [-0.2, 0) is 6.54 Å². The Hall–Kier alpha value is -0.900. The highest BCUT2D eigenvalue weighted by atomic mass is 16.3. The van der Waals surface area contributed by atoms with Crippen LogP contribution in [0.2, 0.25) is 0 Å². The molecule has 3 nitrogen and oxygen atoms in total. The molecule has 0 aliphatic carbocycles. The summed E-state index contributed by atoms with van der Waals surface area (Å²) in [6.07, 6.45) is 0.801. The Labute approximate surface area is 110 Å². The summed E-state index contributed by atoms with van der Waals surface area (Å²) in [6.45, 7) is 6.73. The molecule has 1 heterocycles. The van der Waals surface area contributed by atoms with Crippen molar-refractivity contribution in [1.29, 1.82) is 0 Å². The first-order valence-electron chi connectivity index (χ1n) is 6.88. The summed E-state index contributed by atoms with van der Waals surface area (Å²) in [5.41, 5.74) is 2.74. The monoisotopic (exact) mass is 248 g/mol. The van der Waals surface area contributed by atoms with Crippen LogP contribution in [0, 0.1) is 5.92 Å². The summed E-state index contributed by atoms with van der Waals surface area (Å²) in [5.74, 6) is 0.302. The van der Waals surface area contributed by atoms with Crippen molar-refractivity contribution in [2.24, 2.45) is 5.92 Å². The van der Waals surface area contributed by atoms with Gasteiger partial charge < -0.3 is 15.7 Å². The van der Waals surface area contributed by atoms with E-state index in [0.717, 1.165) is 19.5 Å². The van der Waals surface area contributed by atoms with Crippen LogP contribution in [0.3, 0.4) is 0 Å². The minimum atomic E-state index is -0.270. The van der Waals surface area contributed by atoms with E-state index in [-0.39, 0.29) is 6.10 Å². The van der Waals surface area contributed by atoms with E-state index >= 15 is 0 Å². The molecular weight excluding hydrogens is 224 g/mol. The molecule has 0 bridgehead atoms. The van der Waals surface area contributed by atoms with E-state index in [2.05, 4.69) is 48.7 Å². The van der Waals surface area contributed by atoms with Crippen molar-refractivity contribution in [2.45, 2.75) is 39.0 Å². The van der Waals surface area contributed by atoms with E-state index in [1.54, 1.807) is 0 Å². The fourth-order valence-electron chi connectivity index (χ4n) is 2.37. The van der Waals surface area contributed by atoms with E-state index in [1.807, 2.05) is 0 Å². The van der Waals surface area contributed by atoms with Crippen LogP contribution < -0.4 is 10.6 Å². The lowest BCUT2D eigenvalue weighted by Crippen LogP contribution is -2.33. The Bertz CT molecular complexity index is 379. The number of hydrogen-bond donors (Lipinski definition) is 3. The maximum absolute atomic E-state index is 9.90. The van der Waals surface area contributed by atoms with Gasteiger partial charge in [-0.15, -0.1) is 0 Å². The van der Waals surface area contributed by atoms with Crippen LogP contribution in [0.15, 0.2) is 24.3 Å².